The fourth-order valence-electron chi connectivity index (χ4n) is 4.51. The van der Waals surface area contributed by atoms with Gasteiger partial charge in [0.05, 0.1) is 0 Å². The molecule has 0 radical (unpaired) electrons. The van der Waals surface area contributed by atoms with E-state index in [0.717, 1.165) is 25.0 Å². The van der Waals surface area contributed by atoms with Gasteiger partial charge in [-0.1, -0.05) is 202 Å². The van der Waals surface area contributed by atoms with E-state index in [4.69, 9.17) is 10.2 Å². The molecule has 0 heterocycles. The number of rotatable bonds is 29. The third-order valence-corrected chi connectivity index (χ3v) is 7.09. The lowest BCUT2D eigenvalue weighted by atomic mass is 10.1. The number of allylic oxidation sites excluding steroid dienone is 12. The van der Waals surface area contributed by atoms with Crippen LogP contribution in [0.15, 0.2) is 85.1 Å². The van der Waals surface area contributed by atoms with Crippen molar-refractivity contribution in [3.8, 4) is 0 Å². The standard InChI is InChI=1S/C20H34O2.C20H32O2/c2*1-2-3-4-5-6-7-8-9-10-11-12-13-14-15-16-17-18-19-20(21)22/h14-19H,2-13H2,1H3,(H,21,22);12-19H,2-11H2,1H3,(H,21,22). The van der Waals surface area contributed by atoms with E-state index in [1.54, 1.807) is 12.2 Å². The lowest BCUT2D eigenvalue weighted by molar-refractivity contribution is -0.132. The number of aliphatic carboxylic acids is 2. The lowest BCUT2D eigenvalue weighted by Crippen LogP contribution is -1.84. The molecule has 0 fully saturated rings. The van der Waals surface area contributed by atoms with Crippen LogP contribution in [0.1, 0.15) is 155 Å². The van der Waals surface area contributed by atoms with Gasteiger partial charge in [-0.2, -0.15) is 0 Å². The van der Waals surface area contributed by atoms with Crippen molar-refractivity contribution in [3.63, 3.8) is 0 Å². The number of unbranched alkanes of at least 4 members (excludes halogenated alkanes) is 20. The third kappa shape index (κ3) is 46.1. The molecule has 0 saturated carbocycles. The van der Waals surface area contributed by atoms with Crippen molar-refractivity contribution < 1.29 is 19.8 Å². The Morgan fingerprint density at radius 2 is 0.614 bits per heavy atom. The maximum atomic E-state index is 10.2. The molecule has 0 amide bonds. The van der Waals surface area contributed by atoms with E-state index in [2.05, 4.69) is 32.1 Å². The maximum Gasteiger partial charge on any atom is 0.328 e. The zero-order valence-electron chi connectivity index (χ0n) is 28.4. The van der Waals surface area contributed by atoms with Gasteiger partial charge in [-0.3, -0.25) is 0 Å². The molecule has 0 unspecified atom stereocenters. The maximum absolute atomic E-state index is 10.2. The average Bonchev–Trinajstić information content (AvgIpc) is 3.00. The smallest absolute Gasteiger partial charge is 0.328 e. The van der Waals surface area contributed by atoms with Crippen molar-refractivity contribution in [1.29, 1.82) is 0 Å². The fourth-order valence-corrected chi connectivity index (χ4v) is 4.51. The Labute approximate surface area is 271 Å². The molecule has 4 heteroatoms. The molecular weight excluding hydrogens is 544 g/mol. The van der Waals surface area contributed by atoms with E-state index >= 15 is 0 Å². The van der Waals surface area contributed by atoms with Crippen molar-refractivity contribution in [3.05, 3.63) is 85.1 Å². The van der Waals surface area contributed by atoms with E-state index in [0.29, 0.717) is 0 Å². The number of hydrogen-bond acceptors (Lipinski definition) is 2. The van der Waals surface area contributed by atoms with E-state index in [-0.39, 0.29) is 0 Å². The van der Waals surface area contributed by atoms with Crippen molar-refractivity contribution in [2.45, 2.75) is 155 Å². The largest absolute Gasteiger partial charge is 0.478 e. The summed E-state index contributed by atoms with van der Waals surface area (Å²) in [5.74, 6) is -1.83. The second-order valence-corrected chi connectivity index (χ2v) is 11.3. The molecule has 0 rings (SSSR count). The van der Waals surface area contributed by atoms with Gasteiger partial charge in [0.25, 0.3) is 0 Å². The summed E-state index contributed by atoms with van der Waals surface area (Å²) in [6.07, 6.45) is 54.4. The molecule has 0 aliphatic heterocycles. The Kier molecular flexibility index (Phi) is 39.4. The van der Waals surface area contributed by atoms with Crippen LogP contribution in [-0.4, -0.2) is 22.2 Å². The third-order valence-electron chi connectivity index (χ3n) is 7.09. The summed E-state index contributed by atoms with van der Waals surface area (Å²) in [7, 11) is 0. The first-order chi connectivity index (χ1) is 21.5. The minimum Gasteiger partial charge on any atom is -0.478 e. The summed E-state index contributed by atoms with van der Waals surface area (Å²) < 4.78 is 0. The highest BCUT2D eigenvalue weighted by Crippen LogP contribution is 2.12. The number of carbonyl (C=O) groups is 2. The highest BCUT2D eigenvalue weighted by atomic mass is 16.4. The number of hydrogen-bond donors (Lipinski definition) is 2. The van der Waals surface area contributed by atoms with Crippen molar-refractivity contribution in [2.75, 3.05) is 0 Å². The second-order valence-electron chi connectivity index (χ2n) is 11.3. The number of carboxylic acids is 2. The molecule has 2 N–H and O–H groups in total. The Balaban J connectivity index is 0. The van der Waals surface area contributed by atoms with Crippen LogP contribution in [0, 0.1) is 0 Å². The van der Waals surface area contributed by atoms with E-state index in [9.17, 15) is 9.59 Å². The molecule has 0 spiro atoms. The molecular formula is C40H66O4. The first kappa shape index (κ1) is 43.2. The predicted molar refractivity (Wildman–Crippen MR) is 192 cm³/mol. The Morgan fingerprint density at radius 3 is 0.909 bits per heavy atom. The molecule has 0 aliphatic carbocycles. The van der Waals surface area contributed by atoms with Gasteiger partial charge in [-0.05, 0) is 25.7 Å². The topological polar surface area (TPSA) is 74.6 Å². The van der Waals surface area contributed by atoms with Crippen LogP contribution in [-0.2, 0) is 9.59 Å². The van der Waals surface area contributed by atoms with E-state index < -0.39 is 11.9 Å². The Bertz CT molecular complexity index is 826. The van der Waals surface area contributed by atoms with Gasteiger partial charge >= 0.3 is 11.9 Å². The summed E-state index contributed by atoms with van der Waals surface area (Å²) in [4.78, 5) is 20.4. The zero-order valence-corrected chi connectivity index (χ0v) is 28.4. The van der Waals surface area contributed by atoms with Crippen LogP contribution in [0.3, 0.4) is 0 Å². The monoisotopic (exact) mass is 610 g/mol. The van der Waals surface area contributed by atoms with E-state index in [1.165, 1.54) is 141 Å². The normalized spacial score (nSPS) is 12.2. The van der Waals surface area contributed by atoms with Crippen molar-refractivity contribution in [1.82, 2.24) is 0 Å². The Morgan fingerprint density at radius 1 is 0.364 bits per heavy atom. The molecule has 0 atom stereocenters. The summed E-state index contributed by atoms with van der Waals surface area (Å²) in [6.45, 7) is 4.53. The Hall–Kier alpha value is -2.88. The highest BCUT2D eigenvalue weighted by Gasteiger charge is 1.93. The SMILES string of the molecule is CCCCCCCCCCCC=CC=CC=CC=CC(=O)O.CCCCCCCCCCCCCC=CC=CC=CC(=O)O. The van der Waals surface area contributed by atoms with E-state index in [1.807, 2.05) is 30.4 Å². The first-order valence-corrected chi connectivity index (χ1v) is 17.7. The van der Waals surface area contributed by atoms with Crippen molar-refractivity contribution in [2.24, 2.45) is 0 Å². The molecule has 0 aromatic rings. The van der Waals surface area contributed by atoms with Crippen LogP contribution in [0.4, 0.5) is 0 Å². The average molecular weight is 611 g/mol. The van der Waals surface area contributed by atoms with Crippen LogP contribution < -0.4 is 0 Å². The van der Waals surface area contributed by atoms with Gasteiger partial charge < -0.3 is 10.2 Å². The molecule has 0 aromatic heterocycles. The summed E-state index contributed by atoms with van der Waals surface area (Å²) >= 11 is 0. The molecule has 0 aliphatic rings. The molecule has 0 saturated heterocycles. The minimum absolute atomic E-state index is 0.908. The molecule has 0 bridgehead atoms. The van der Waals surface area contributed by atoms with Gasteiger partial charge in [0.2, 0.25) is 0 Å². The molecule has 250 valence electrons. The van der Waals surface area contributed by atoms with Crippen LogP contribution in [0.25, 0.3) is 0 Å². The summed E-state index contributed by atoms with van der Waals surface area (Å²) in [5, 5.41) is 16.8. The second kappa shape index (κ2) is 40.1. The number of carboxylic acid groups (broad SMARTS) is 2. The lowest BCUT2D eigenvalue weighted by Gasteiger charge is -2.01. The predicted octanol–water partition coefficient (Wildman–Crippen LogP) is 12.7. The minimum atomic E-state index is -0.922. The van der Waals surface area contributed by atoms with Gasteiger partial charge in [0, 0.05) is 12.2 Å². The highest BCUT2D eigenvalue weighted by molar-refractivity contribution is 5.80. The van der Waals surface area contributed by atoms with Crippen LogP contribution >= 0.6 is 0 Å². The van der Waals surface area contributed by atoms with Gasteiger partial charge in [-0.15, -0.1) is 0 Å². The van der Waals surface area contributed by atoms with Crippen LogP contribution in [0.2, 0.25) is 0 Å². The quantitative estimate of drug-likeness (QED) is 0.0502. The summed E-state index contributed by atoms with van der Waals surface area (Å²) in [5.41, 5.74) is 0. The summed E-state index contributed by atoms with van der Waals surface area (Å²) in [6, 6.07) is 0. The molecule has 4 nitrogen and oxygen atoms in total. The first-order valence-electron chi connectivity index (χ1n) is 17.7. The van der Waals surface area contributed by atoms with Gasteiger partial charge in [0.1, 0.15) is 0 Å². The zero-order chi connectivity index (χ0) is 32.6. The van der Waals surface area contributed by atoms with Crippen LogP contribution in [0.5, 0.6) is 0 Å². The molecule has 0 aromatic carbocycles. The van der Waals surface area contributed by atoms with Gasteiger partial charge in [-0.25, -0.2) is 9.59 Å². The fraction of sp³-hybridized carbons (Fsp3) is 0.600. The molecule has 44 heavy (non-hydrogen) atoms. The van der Waals surface area contributed by atoms with Crippen molar-refractivity contribution >= 4 is 11.9 Å². The van der Waals surface area contributed by atoms with Gasteiger partial charge in [0.15, 0.2) is 0 Å².